The van der Waals surface area contributed by atoms with Crippen LogP contribution in [0.5, 0.6) is 0 Å². The fourth-order valence-electron chi connectivity index (χ4n) is 2.14. The van der Waals surface area contributed by atoms with Crippen molar-refractivity contribution in [2.75, 3.05) is 25.0 Å². The Morgan fingerprint density at radius 1 is 1.55 bits per heavy atom. The van der Waals surface area contributed by atoms with Crippen molar-refractivity contribution in [3.8, 4) is 0 Å². The van der Waals surface area contributed by atoms with Crippen molar-refractivity contribution in [3.05, 3.63) is 28.2 Å². The van der Waals surface area contributed by atoms with E-state index in [1.165, 1.54) is 0 Å². The molecule has 20 heavy (non-hydrogen) atoms. The van der Waals surface area contributed by atoms with E-state index in [4.69, 9.17) is 4.74 Å². The van der Waals surface area contributed by atoms with Gasteiger partial charge in [-0.25, -0.2) is 0 Å². The lowest BCUT2D eigenvalue weighted by Crippen LogP contribution is -2.40. The van der Waals surface area contributed by atoms with E-state index in [1.54, 1.807) is 0 Å². The van der Waals surface area contributed by atoms with E-state index < -0.39 is 0 Å². The smallest absolute Gasteiger partial charge is 0.227 e. The topological polar surface area (TPSA) is 50.4 Å². The standard InChI is InChI=1S/C14H19BrN2O2.ClH/c1-2-10-7-11(15)3-4-13(10)17-14(18)8-12-9-16-5-6-19-12;/h3-4,7,12,16H,2,5-6,8-9H2,1H3,(H,17,18);1H. The number of rotatable bonds is 4. The fourth-order valence-corrected chi connectivity index (χ4v) is 2.54. The number of nitrogens with one attached hydrogen (secondary N) is 2. The molecule has 1 saturated heterocycles. The molecule has 1 amide bonds. The number of carbonyl (C=O) groups excluding carboxylic acids is 1. The molecular formula is C14H20BrClN2O2. The lowest BCUT2D eigenvalue weighted by Gasteiger charge is -2.23. The van der Waals surface area contributed by atoms with Crippen LogP contribution in [0.3, 0.4) is 0 Å². The van der Waals surface area contributed by atoms with Crippen LogP contribution in [0, 0.1) is 0 Å². The number of hydrogen-bond donors (Lipinski definition) is 2. The van der Waals surface area contributed by atoms with Crippen LogP contribution >= 0.6 is 28.3 Å². The molecule has 1 unspecified atom stereocenters. The Labute approximate surface area is 134 Å². The maximum absolute atomic E-state index is 12.0. The molecule has 1 aliphatic rings. The van der Waals surface area contributed by atoms with Gasteiger partial charge in [-0.05, 0) is 30.2 Å². The first-order chi connectivity index (χ1) is 9.19. The van der Waals surface area contributed by atoms with Crippen molar-refractivity contribution in [2.45, 2.75) is 25.9 Å². The fraction of sp³-hybridized carbons (Fsp3) is 0.500. The van der Waals surface area contributed by atoms with Gasteiger partial charge in [-0.3, -0.25) is 4.79 Å². The summed E-state index contributed by atoms with van der Waals surface area (Å²) in [6.45, 7) is 4.36. The second-order valence-corrected chi connectivity index (χ2v) is 5.52. The summed E-state index contributed by atoms with van der Waals surface area (Å²) in [4.78, 5) is 12.0. The molecule has 2 N–H and O–H groups in total. The molecule has 0 aliphatic carbocycles. The van der Waals surface area contributed by atoms with Gasteiger partial charge in [0, 0.05) is 23.2 Å². The van der Waals surface area contributed by atoms with E-state index in [2.05, 4.69) is 33.5 Å². The number of hydrogen-bond acceptors (Lipinski definition) is 3. The van der Waals surface area contributed by atoms with Crippen LogP contribution in [-0.4, -0.2) is 31.7 Å². The number of aryl methyl sites for hydroxylation is 1. The molecule has 0 aromatic heterocycles. The predicted molar refractivity (Wildman–Crippen MR) is 86.6 cm³/mol. The number of ether oxygens (including phenoxy) is 1. The first kappa shape index (κ1) is 17.4. The molecule has 1 heterocycles. The molecule has 0 spiro atoms. The lowest BCUT2D eigenvalue weighted by molar-refractivity contribution is -0.119. The molecule has 1 fully saturated rings. The van der Waals surface area contributed by atoms with Crippen molar-refractivity contribution in [1.29, 1.82) is 0 Å². The molecule has 0 radical (unpaired) electrons. The van der Waals surface area contributed by atoms with Crippen LogP contribution in [0.4, 0.5) is 5.69 Å². The summed E-state index contributed by atoms with van der Waals surface area (Å²) in [5, 5.41) is 6.19. The normalized spacial score (nSPS) is 18.2. The summed E-state index contributed by atoms with van der Waals surface area (Å²) in [5.74, 6) is 0.00530. The molecule has 2 rings (SSSR count). The van der Waals surface area contributed by atoms with Crippen LogP contribution in [0.2, 0.25) is 0 Å². The van der Waals surface area contributed by atoms with Crippen LogP contribution in [-0.2, 0) is 16.0 Å². The lowest BCUT2D eigenvalue weighted by atomic mass is 10.1. The number of anilines is 1. The van der Waals surface area contributed by atoms with Gasteiger partial charge in [-0.1, -0.05) is 22.9 Å². The van der Waals surface area contributed by atoms with E-state index in [-0.39, 0.29) is 24.4 Å². The summed E-state index contributed by atoms with van der Waals surface area (Å²) in [5.41, 5.74) is 2.02. The van der Waals surface area contributed by atoms with Gasteiger partial charge in [-0.2, -0.15) is 0 Å². The summed E-state index contributed by atoms with van der Waals surface area (Å²) >= 11 is 3.44. The van der Waals surface area contributed by atoms with Gasteiger partial charge in [0.2, 0.25) is 5.91 Å². The third-order valence-corrected chi connectivity index (χ3v) is 3.63. The Balaban J connectivity index is 0.00000200. The van der Waals surface area contributed by atoms with Crippen molar-refractivity contribution >= 4 is 39.9 Å². The van der Waals surface area contributed by atoms with Gasteiger partial charge in [0.15, 0.2) is 0 Å². The minimum atomic E-state index is -0.0192. The van der Waals surface area contributed by atoms with E-state index in [0.29, 0.717) is 13.0 Å². The molecule has 1 atom stereocenters. The first-order valence-electron chi connectivity index (χ1n) is 6.59. The van der Waals surface area contributed by atoms with Gasteiger partial charge in [-0.15, -0.1) is 12.4 Å². The van der Waals surface area contributed by atoms with Crippen LogP contribution in [0.25, 0.3) is 0 Å². The van der Waals surface area contributed by atoms with Gasteiger partial charge >= 0.3 is 0 Å². The molecule has 0 bridgehead atoms. The molecule has 1 aromatic carbocycles. The van der Waals surface area contributed by atoms with E-state index in [9.17, 15) is 4.79 Å². The minimum absolute atomic E-state index is 0. The number of carbonyl (C=O) groups is 1. The van der Waals surface area contributed by atoms with Crippen LogP contribution in [0.1, 0.15) is 18.9 Å². The second-order valence-electron chi connectivity index (χ2n) is 4.60. The van der Waals surface area contributed by atoms with E-state index >= 15 is 0 Å². The SMILES string of the molecule is CCc1cc(Br)ccc1NC(=O)CC1CNCCO1.Cl. The minimum Gasteiger partial charge on any atom is -0.375 e. The van der Waals surface area contributed by atoms with E-state index in [1.807, 2.05) is 18.2 Å². The highest BCUT2D eigenvalue weighted by Crippen LogP contribution is 2.22. The highest BCUT2D eigenvalue weighted by Gasteiger charge is 2.17. The maximum atomic E-state index is 12.0. The Morgan fingerprint density at radius 3 is 3.00 bits per heavy atom. The largest absolute Gasteiger partial charge is 0.375 e. The van der Waals surface area contributed by atoms with Crippen LogP contribution in [0.15, 0.2) is 22.7 Å². The molecular weight excluding hydrogens is 344 g/mol. The summed E-state index contributed by atoms with van der Waals surface area (Å²) in [7, 11) is 0. The Hall–Kier alpha value is -0.620. The molecule has 0 saturated carbocycles. The average molecular weight is 364 g/mol. The zero-order chi connectivity index (χ0) is 13.7. The highest BCUT2D eigenvalue weighted by atomic mass is 79.9. The Kier molecular flexibility index (Phi) is 7.51. The third-order valence-electron chi connectivity index (χ3n) is 3.14. The Bertz CT molecular complexity index is 451. The highest BCUT2D eigenvalue weighted by molar-refractivity contribution is 9.10. The van der Waals surface area contributed by atoms with Gasteiger partial charge < -0.3 is 15.4 Å². The van der Waals surface area contributed by atoms with Crippen molar-refractivity contribution in [2.24, 2.45) is 0 Å². The number of morpholine rings is 1. The quantitative estimate of drug-likeness (QED) is 0.865. The molecule has 112 valence electrons. The first-order valence-corrected chi connectivity index (χ1v) is 7.39. The summed E-state index contributed by atoms with van der Waals surface area (Å²) in [6, 6.07) is 5.91. The average Bonchev–Trinajstić information content (AvgIpc) is 2.42. The van der Waals surface area contributed by atoms with Gasteiger partial charge in [0.1, 0.15) is 0 Å². The van der Waals surface area contributed by atoms with E-state index in [0.717, 1.165) is 35.2 Å². The third kappa shape index (κ3) is 5.05. The molecule has 1 aliphatic heterocycles. The zero-order valence-corrected chi connectivity index (χ0v) is 13.9. The molecule has 4 nitrogen and oxygen atoms in total. The zero-order valence-electron chi connectivity index (χ0n) is 11.4. The monoisotopic (exact) mass is 362 g/mol. The number of amides is 1. The second kappa shape index (κ2) is 8.62. The van der Waals surface area contributed by atoms with Crippen LogP contribution < -0.4 is 10.6 Å². The number of halogens is 2. The van der Waals surface area contributed by atoms with Crippen molar-refractivity contribution in [3.63, 3.8) is 0 Å². The van der Waals surface area contributed by atoms with Gasteiger partial charge in [0.25, 0.3) is 0 Å². The number of benzene rings is 1. The predicted octanol–water partition coefficient (Wildman–Crippen LogP) is 2.75. The summed E-state index contributed by atoms with van der Waals surface area (Å²) in [6.07, 6.45) is 1.26. The van der Waals surface area contributed by atoms with Crippen molar-refractivity contribution < 1.29 is 9.53 Å². The molecule has 6 heteroatoms. The van der Waals surface area contributed by atoms with Crippen molar-refractivity contribution in [1.82, 2.24) is 5.32 Å². The molecule has 1 aromatic rings. The van der Waals surface area contributed by atoms with Gasteiger partial charge in [0.05, 0.1) is 19.1 Å². The Morgan fingerprint density at radius 2 is 2.35 bits per heavy atom. The summed E-state index contributed by atoms with van der Waals surface area (Å²) < 4.78 is 6.56. The maximum Gasteiger partial charge on any atom is 0.227 e.